The Balaban J connectivity index is 2.17. The van der Waals surface area contributed by atoms with Crippen LogP contribution in [0.25, 0.3) is 0 Å². The normalized spacial score (nSPS) is 18.9. The van der Waals surface area contributed by atoms with E-state index >= 15 is 0 Å². The Labute approximate surface area is 108 Å². The van der Waals surface area contributed by atoms with E-state index in [0.717, 1.165) is 4.47 Å². The Morgan fingerprint density at radius 1 is 1.41 bits per heavy atom. The summed E-state index contributed by atoms with van der Waals surface area (Å²) in [5, 5.41) is 0. The molecule has 0 unspecified atom stereocenters. The number of carbonyl (C=O) groups excluding carboxylic acids is 2. The highest BCUT2D eigenvalue weighted by Gasteiger charge is 2.44. The first kappa shape index (κ1) is 12.2. The molecule has 0 saturated carbocycles. The second-order valence-electron chi connectivity index (χ2n) is 4.81. The van der Waals surface area contributed by atoms with Crippen LogP contribution in [-0.2, 0) is 16.1 Å². The van der Waals surface area contributed by atoms with E-state index in [1.165, 1.54) is 4.90 Å². The number of rotatable bonds is 2. The third kappa shape index (κ3) is 2.39. The first-order valence-electron chi connectivity index (χ1n) is 5.35. The number of aromatic nitrogens is 1. The molecule has 1 aliphatic rings. The fraction of sp³-hybridized carbons (Fsp3) is 0.417. The number of hydrogen-bond donors (Lipinski definition) is 0. The lowest BCUT2D eigenvalue weighted by molar-refractivity contribution is -0.141. The van der Waals surface area contributed by atoms with Gasteiger partial charge >= 0.3 is 0 Å². The van der Waals surface area contributed by atoms with Gasteiger partial charge in [-0.15, -0.1) is 0 Å². The smallest absolute Gasteiger partial charge is 0.235 e. The van der Waals surface area contributed by atoms with Crippen LogP contribution >= 0.6 is 15.9 Å². The maximum atomic E-state index is 12.0. The number of likely N-dealkylation sites (tertiary alicyclic amines) is 1. The molecule has 0 radical (unpaired) electrons. The van der Waals surface area contributed by atoms with Gasteiger partial charge in [0, 0.05) is 17.1 Å². The van der Waals surface area contributed by atoms with Crippen LogP contribution in [0.1, 0.15) is 26.0 Å². The molecule has 0 aliphatic carbocycles. The molecule has 2 rings (SSSR count). The highest BCUT2D eigenvalue weighted by Crippen LogP contribution is 2.32. The Bertz CT molecular complexity index is 468. The van der Waals surface area contributed by atoms with Crippen LogP contribution in [0, 0.1) is 5.41 Å². The van der Waals surface area contributed by atoms with Gasteiger partial charge in [0.25, 0.3) is 0 Å². The average Bonchev–Trinajstić information content (AvgIpc) is 2.44. The van der Waals surface area contributed by atoms with Crippen molar-refractivity contribution in [1.29, 1.82) is 0 Å². The Kier molecular flexibility index (Phi) is 3.03. The molecule has 0 bridgehead atoms. The molecule has 1 aromatic heterocycles. The molecule has 4 nitrogen and oxygen atoms in total. The highest BCUT2D eigenvalue weighted by atomic mass is 79.9. The molecule has 17 heavy (non-hydrogen) atoms. The van der Waals surface area contributed by atoms with Crippen molar-refractivity contribution in [2.24, 2.45) is 5.41 Å². The van der Waals surface area contributed by atoms with Crippen LogP contribution in [-0.4, -0.2) is 21.7 Å². The van der Waals surface area contributed by atoms with Crippen molar-refractivity contribution in [3.63, 3.8) is 0 Å². The van der Waals surface area contributed by atoms with Gasteiger partial charge in [-0.2, -0.15) is 0 Å². The standard InChI is InChI=1S/C12H13BrN2O2/c1-12(2)5-10(16)15(11(12)17)7-9-4-3-8(13)6-14-9/h3-4,6H,5,7H2,1-2H3. The number of imide groups is 1. The van der Waals surface area contributed by atoms with Crippen molar-refractivity contribution in [2.75, 3.05) is 0 Å². The van der Waals surface area contributed by atoms with Gasteiger partial charge in [0.2, 0.25) is 11.8 Å². The second-order valence-corrected chi connectivity index (χ2v) is 5.73. The largest absolute Gasteiger partial charge is 0.276 e. The van der Waals surface area contributed by atoms with Crippen LogP contribution in [0.4, 0.5) is 0 Å². The van der Waals surface area contributed by atoms with Gasteiger partial charge in [-0.3, -0.25) is 19.5 Å². The fourth-order valence-corrected chi connectivity index (χ4v) is 2.08. The van der Waals surface area contributed by atoms with Crippen LogP contribution in [0.2, 0.25) is 0 Å². The second kappa shape index (κ2) is 4.22. The molecule has 2 amide bonds. The molecule has 0 atom stereocenters. The quantitative estimate of drug-likeness (QED) is 0.786. The number of carbonyl (C=O) groups is 2. The minimum Gasteiger partial charge on any atom is -0.276 e. The van der Waals surface area contributed by atoms with Crippen molar-refractivity contribution in [1.82, 2.24) is 9.88 Å². The van der Waals surface area contributed by atoms with E-state index < -0.39 is 5.41 Å². The molecule has 1 aliphatic heterocycles. The Hall–Kier alpha value is -1.23. The minimum absolute atomic E-state index is 0.118. The van der Waals surface area contributed by atoms with Crippen LogP contribution < -0.4 is 0 Å². The van der Waals surface area contributed by atoms with E-state index in [1.54, 1.807) is 26.1 Å². The number of hydrogen-bond acceptors (Lipinski definition) is 3. The van der Waals surface area contributed by atoms with Crippen molar-refractivity contribution >= 4 is 27.7 Å². The predicted octanol–water partition coefficient (Wildman–Crippen LogP) is 2.13. The van der Waals surface area contributed by atoms with Crippen molar-refractivity contribution < 1.29 is 9.59 Å². The molecule has 5 heteroatoms. The molecule has 1 aromatic rings. The molecule has 1 saturated heterocycles. The number of halogens is 1. The van der Waals surface area contributed by atoms with Gasteiger partial charge in [0.1, 0.15) is 0 Å². The SMILES string of the molecule is CC1(C)CC(=O)N(Cc2ccc(Br)cn2)C1=O. The lowest BCUT2D eigenvalue weighted by atomic mass is 9.92. The van der Waals surface area contributed by atoms with Gasteiger partial charge in [0.05, 0.1) is 17.7 Å². The summed E-state index contributed by atoms with van der Waals surface area (Å²) in [6, 6.07) is 3.65. The topological polar surface area (TPSA) is 50.3 Å². The van der Waals surface area contributed by atoms with Crippen molar-refractivity contribution in [3.05, 3.63) is 28.5 Å². The maximum absolute atomic E-state index is 12.0. The molecule has 0 N–H and O–H groups in total. The zero-order chi connectivity index (χ0) is 12.6. The maximum Gasteiger partial charge on any atom is 0.235 e. The van der Waals surface area contributed by atoms with Gasteiger partial charge < -0.3 is 0 Å². The molecule has 0 spiro atoms. The average molecular weight is 297 g/mol. The molecular weight excluding hydrogens is 284 g/mol. The van der Waals surface area contributed by atoms with Crippen LogP contribution in [0.3, 0.4) is 0 Å². The summed E-state index contributed by atoms with van der Waals surface area (Å²) in [5.41, 5.74) is 0.138. The van der Waals surface area contributed by atoms with Crippen molar-refractivity contribution in [2.45, 2.75) is 26.8 Å². The summed E-state index contributed by atoms with van der Waals surface area (Å²) in [6.07, 6.45) is 1.94. The van der Waals surface area contributed by atoms with Gasteiger partial charge in [0.15, 0.2) is 0 Å². The third-order valence-corrected chi connectivity index (χ3v) is 3.30. The third-order valence-electron chi connectivity index (χ3n) is 2.83. The summed E-state index contributed by atoms with van der Waals surface area (Å²) < 4.78 is 0.876. The number of amides is 2. The fourth-order valence-electron chi connectivity index (χ4n) is 1.85. The van der Waals surface area contributed by atoms with Crippen molar-refractivity contribution in [3.8, 4) is 0 Å². The summed E-state index contributed by atoms with van der Waals surface area (Å²) >= 11 is 3.29. The van der Waals surface area contributed by atoms with E-state index in [-0.39, 0.29) is 24.8 Å². The van der Waals surface area contributed by atoms with Crippen LogP contribution in [0.5, 0.6) is 0 Å². The number of nitrogens with zero attached hydrogens (tertiary/aromatic N) is 2. The predicted molar refractivity (Wildman–Crippen MR) is 65.9 cm³/mol. The first-order chi connectivity index (χ1) is 7.90. The van der Waals surface area contributed by atoms with E-state index in [9.17, 15) is 9.59 Å². The molecule has 0 aromatic carbocycles. The van der Waals surface area contributed by atoms with Crippen LogP contribution in [0.15, 0.2) is 22.8 Å². The van der Waals surface area contributed by atoms with E-state index in [4.69, 9.17) is 0 Å². The first-order valence-corrected chi connectivity index (χ1v) is 6.15. The van der Waals surface area contributed by atoms with Gasteiger partial charge in [-0.05, 0) is 28.1 Å². The summed E-state index contributed by atoms with van der Waals surface area (Å²) in [6.45, 7) is 3.85. The van der Waals surface area contributed by atoms with E-state index in [1.807, 2.05) is 6.07 Å². The summed E-state index contributed by atoms with van der Waals surface area (Å²) in [7, 11) is 0. The molecule has 90 valence electrons. The minimum atomic E-state index is -0.577. The highest BCUT2D eigenvalue weighted by molar-refractivity contribution is 9.10. The van der Waals surface area contributed by atoms with E-state index in [2.05, 4.69) is 20.9 Å². The van der Waals surface area contributed by atoms with Gasteiger partial charge in [-0.1, -0.05) is 13.8 Å². The zero-order valence-electron chi connectivity index (χ0n) is 9.74. The number of pyridine rings is 1. The molecule has 2 heterocycles. The lowest BCUT2D eigenvalue weighted by Gasteiger charge is -2.17. The van der Waals surface area contributed by atoms with Gasteiger partial charge in [-0.25, -0.2) is 0 Å². The Morgan fingerprint density at radius 2 is 2.12 bits per heavy atom. The Morgan fingerprint density at radius 3 is 2.59 bits per heavy atom. The monoisotopic (exact) mass is 296 g/mol. The van der Waals surface area contributed by atoms with E-state index in [0.29, 0.717) is 5.69 Å². The molecule has 1 fully saturated rings. The summed E-state index contributed by atoms with van der Waals surface area (Å²) in [4.78, 5) is 29.2. The zero-order valence-corrected chi connectivity index (χ0v) is 11.3. The lowest BCUT2D eigenvalue weighted by Crippen LogP contribution is -2.32. The summed E-state index contributed by atoms with van der Waals surface area (Å²) in [5.74, 6) is -0.239. The molecular formula is C12H13BrN2O2.